The van der Waals surface area contributed by atoms with E-state index in [1.165, 1.54) is 31.0 Å². The normalized spacial score (nSPS) is 11.4. The summed E-state index contributed by atoms with van der Waals surface area (Å²) in [5.74, 6) is 0. The molecule has 0 aliphatic carbocycles. The van der Waals surface area contributed by atoms with Crippen molar-refractivity contribution in [2.75, 3.05) is 0 Å². The third-order valence-electron chi connectivity index (χ3n) is 5.59. The first-order valence-electron chi connectivity index (χ1n) is 11.6. The molecule has 0 bridgehead atoms. The van der Waals surface area contributed by atoms with E-state index in [1.807, 2.05) is 19.9 Å². The Hall–Kier alpha value is -3.55. The molecule has 4 aromatic heterocycles. The summed E-state index contributed by atoms with van der Waals surface area (Å²) in [6, 6.07) is 16.4. The van der Waals surface area contributed by atoms with Crippen LogP contribution in [0.4, 0.5) is 0 Å². The molecule has 41 heavy (non-hydrogen) atoms. The molecule has 0 aliphatic heterocycles. The van der Waals surface area contributed by atoms with Crippen molar-refractivity contribution in [3.8, 4) is 0 Å². The summed E-state index contributed by atoms with van der Waals surface area (Å²) in [5.41, 5.74) is 3.05. The van der Waals surface area contributed by atoms with E-state index in [0.717, 1.165) is 26.1 Å². The first-order chi connectivity index (χ1) is 19.4. The zero-order chi connectivity index (χ0) is 29.8. The average molecular weight is 652 g/mol. The van der Waals surface area contributed by atoms with Crippen LogP contribution < -0.4 is 0 Å². The van der Waals surface area contributed by atoms with Crippen LogP contribution in [-0.4, -0.2) is 45.7 Å². The molecule has 0 saturated heterocycles. The zero-order valence-corrected chi connectivity index (χ0v) is 25.3. The second kappa shape index (κ2) is 12.5. The molecule has 0 spiro atoms. The van der Waals surface area contributed by atoms with Gasteiger partial charge in [0.25, 0.3) is 19.1 Å². The lowest BCUT2D eigenvalue weighted by atomic mass is 10.2. The molecule has 0 saturated carbocycles. The number of aromatic nitrogens is 6. The van der Waals surface area contributed by atoms with Crippen molar-refractivity contribution in [3.63, 3.8) is 0 Å². The second-order valence-corrected chi connectivity index (χ2v) is 13.6. The molecule has 6 rings (SSSR count). The van der Waals surface area contributed by atoms with Gasteiger partial charge in [-0.15, -0.1) is 0 Å². The summed E-state index contributed by atoms with van der Waals surface area (Å²) >= 11 is 11.7. The fraction of sp³-hybridized carbons (Fsp3) is 0.0769. The summed E-state index contributed by atoms with van der Waals surface area (Å²) < 4.78 is 47.7. The van der Waals surface area contributed by atoms with E-state index in [4.69, 9.17) is 33.9 Å². The lowest BCUT2D eigenvalue weighted by Crippen LogP contribution is -2.12. The first-order valence-corrected chi connectivity index (χ1v) is 16.1. The second-order valence-electron chi connectivity index (χ2n) is 8.49. The molecule has 4 heterocycles. The Balaban J connectivity index is 0.000000156. The van der Waals surface area contributed by atoms with Crippen LogP contribution in [0.25, 0.3) is 22.1 Å². The van der Waals surface area contributed by atoms with Crippen LogP contribution in [0, 0.1) is 13.8 Å². The monoisotopic (exact) mass is 650 g/mol. The van der Waals surface area contributed by atoms with Gasteiger partial charge in [0, 0.05) is 23.1 Å². The molecule has 0 unspecified atom stereocenters. The lowest BCUT2D eigenvalue weighted by Gasteiger charge is -2.07. The zero-order valence-electron chi connectivity index (χ0n) is 21.4. The molecule has 10 nitrogen and oxygen atoms in total. The molecule has 1 N–H and O–H groups in total. The number of halogens is 3. The van der Waals surface area contributed by atoms with Crippen molar-refractivity contribution in [1.82, 2.24) is 28.9 Å². The Bertz CT molecular complexity index is 2030. The number of fused-ring (bicyclic) bond motifs is 2. The van der Waals surface area contributed by atoms with Gasteiger partial charge in [0.1, 0.15) is 28.6 Å². The van der Waals surface area contributed by atoms with E-state index < -0.39 is 19.1 Å². The molecular formula is C26H21Cl3N6O4S2. The van der Waals surface area contributed by atoms with Crippen molar-refractivity contribution in [1.29, 1.82) is 0 Å². The van der Waals surface area contributed by atoms with Gasteiger partial charge in [-0.05, 0) is 50.2 Å². The largest absolute Gasteiger partial charge is 0.346 e. The smallest absolute Gasteiger partial charge is 0.269 e. The topological polar surface area (TPSA) is 141 Å². The molecule has 0 atom stereocenters. The quantitative estimate of drug-likeness (QED) is 0.177. The van der Waals surface area contributed by atoms with Gasteiger partial charge in [-0.2, -0.15) is 0 Å². The number of benzene rings is 2. The Morgan fingerprint density at radius 3 is 1.78 bits per heavy atom. The van der Waals surface area contributed by atoms with Crippen molar-refractivity contribution in [2.45, 2.75) is 23.6 Å². The summed E-state index contributed by atoms with van der Waals surface area (Å²) in [6.07, 6.45) is 5.89. The maximum absolute atomic E-state index is 12.6. The number of rotatable bonds is 3. The third kappa shape index (κ3) is 7.21. The highest BCUT2D eigenvalue weighted by atomic mass is 35.7. The van der Waals surface area contributed by atoms with E-state index in [2.05, 4.69) is 24.9 Å². The predicted molar refractivity (Wildman–Crippen MR) is 159 cm³/mol. The standard InChI is InChI=1S/C13H10ClN3O2S.C7H7ClO2S.C6H4ClN3/c1-9-2-4-10(5-3-9)20(18,19)17-7-6-11-12(14)15-8-16-13(11)17;1-6-2-4-7(5-3-6)11(8,9)10;7-5-4-1-2-8-6(4)10-3-9-5/h2-8H,1H3;2-5H,1H3;1-3H,(H,8,9,10). The lowest BCUT2D eigenvalue weighted by molar-refractivity contribution is 0.588. The van der Waals surface area contributed by atoms with Gasteiger partial charge in [-0.1, -0.05) is 58.6 Å². The SMILES string of the molecule is Cc1ccc(S(=O)(=O)Cl)cc1.Cc1ccc(S(=O)(=O)n2ccc3c(Cl)ncnc32)cc1.Clc1ncnc2[nH]ccc12. The minimum atomic E-state index is -3.69. The number of aryl methyl sites for hydroxylation is 2. The summed E-state index contributed by atoms with van der Waals surface area (Å²) in [5, 5.41) is 2.09. The van der Waals surface area contributed by atoms with Crippen LogP contribution in [-0.2, 0) is 19.1 Å². The molecule has 2 aromatic carbocycles. The highest BCUT2D eigenvalue weighted by molar-refractivity contribution is 8.13. The minimum Gasteiger partial charge on any atom is -0.346 e. The molecule has 212 valence electrons. The Morgan fingerprint density at radius 1 is 0.683 bits per heavy atom. The van der Waals surface area contributed by atoms with Gasteiger partial charge < -0.3 is 4.98 Å². The van der Waals surface area contributed by atoms with Crippen molar-refractivity contribution < 1.29 is 16.8 Å². The number of nitrogens with one attached hydrogen (secondary N) is 1. The van der Waals surface area contributed by atoms with Crippen LogP contribution in [0.15, 0.2) is 95.5 Å². The Kier molecular flexibility index (Phi) is 9.30. The van der Waals surface area contributed by atoms with Crippen LogP contribution in [0.1, 0.15) is 11.1 Å². The number of nitrogens with zero attached hydrogens (tertiary/aromatic N) is 5. The van der Waals surface area contributed by atoms with E-state index in [9.17, 15) is 16.8 Å². The first kappa shape index (κ1) is 30.4. The van der Waals surface area contributed by atoms with E-state index >= 15 is 0 Å². The molecule has 0 radical (unpaired) electrons. The average Bonchev–Trinajstić information content (AvgIpc) is 3.59. The number of hydrogen-bond acceptors (Lipinski definition) is 8. The Morgan fingerprint density at radius 2 is 1.22 bits per heavy atom. The van der Waals surface area contributed by atoms with Gasteiger partial charge in [0.05, 0.1) is 20.6 Å². The predicted octanol–water partition coefficient (Wildman–Crippen LogP) is 6.16. The summed E-state index contributed by atoms with van der Waals surface area (Å²) in [6.45, 7) is 3.78. The molecule has 15 heteroatoms. The van der Waals surface area contributed by atoms with E-state index in [1.54, 1.807) is 48.7 Å². The number of H-pyrrole nitrogens is 1. The summed E-state index contributed by atoms with van der Waals surface area (Å²) in [4.78, 5) is 18.9. The molecule has 0 fully saturated rings. The highest BCUT2D eigenvalue weighted by Crippen LogP contribution is 2.24. The maximum atomic E-state index is 12.6. The van der Waals surface area contributed by atoms with Crippen molar-refractivity contribution in [2.24, 2.45) is 0 Å². The molecule has 0 aliphatic rings. The number of aromatic amines is 1. The fourth-order valence-corrected chi connectivity index (χ4v) is 5.92. The van der Waals surface area contributed by atoms with Crippen molar-refractivity contribution >= 4 is 75.0 Å². The van der Waals surface area contributed by atoms with E-state index in [-0.39, 0.29) is 20.6 Å². The van der Waals surface area contributed by atoms with Crippen LogP contribution in [0.3, 0.4) is 0 Å². The van der Waals surface area contributed by atoms with E-state index in [0.29, 0.717) is 10.5 Å². The van der Waals surface area contributed by atoms with Gasteiger partial charge in [-0.25, -0.2) is 40.7 Å². The molecule has 6 aromatic rings. The van der Waals surface area contributed by atoms with Gasteiger partial charge in [0.15, 0.2) is 5.65 Å². The summed E-state index contributed by atoms with van der Waals surface area (Å²) in [7, 11) is -2.15. The van der Waals surface area contributed by atoms with Crippen LogP contribution in [0.5, 0.6) is 0 Å². The van der Waals surface area contributed by atoms with Crippen LogP contribution in [0.2, 0.25) is 10.3 Å². The van der Waals surface area contributed by atoms with Gasteiger partial charge >= 0.3 is 0 Å². The van der Waals surface area contributed by atoms with Crippen molar-refractivity contribution in [3.05, 3.63) is 107 Å². The third-order valence-corrected chi connectivity index (χ3v) is 9.24. The van der Waals surface area contributed by atoms with Gasteiger partial charge in [0.2, 0.25) is 0 Å². The highest BCUT2D eigenvalue weighted by Gasteiger charge is 2.20. The molecule has 0 amide bonds. The fourth-order valence-electron chi connectivity index (χ4n) is 3.46. The minimum absolute atomic E-state index is 0.143. The Labute approximate surface area is 250 Å². The maximum Gasteiger partial charge on any atom is 0.269 e. The van der Waals surface area contributed by atoms with Gasteiger partial charge in [-0.3, -0.25) is 0 Å². The van der Waals surface area contributed by atoms with Crippen LogP contribution >= 0.6 is 33.9 Å². The molecular weight excluding hydrogens is 631 g/mol. The number of hydrogen-bond donors (Lipinski definition) is 1.